The number of benzene rings is 1. The zero-order valence-electron chi connectivity index (χ0n) is 8.21. The van der Waals surface area contributed by atoms with Gasteiger partial charge in [-0.05, 0) is 6.07 Å². The Hall–Kier alpha value is -2.36. The Morgan fingerprint density at radius 3 is 2.19 bits per heavy atom. The van der Waals surface area contributed by atoms with E-state index in [1.165, 1.54) is 0 Å². The summed E-state index contributed by atoms with van der Waals surface area (Å²) in [6, 6.07) is 6.86. The van der Waals surface area contributed by atoms with Gasteiger partial charge < -0.3 is 0 Å². The number of carbonyl (C=O) groups is 3. The van der Waals surface area contributed by atoms with E-state index in [1.54, 1.807) is 24.3 Å². The number of pyridine rings is 1. The van der Waals surface area contributed by atoms with Crippen LogP contribution >= 0.6 is 0 Å². The summed E-state index contributed by atoms with van der Waals surface area (Å²) in [6.07, 6.45) is 1.52. The van der Waals surface area contributed by atoms with Crippen molar-refractivity contribution in [1.82, 2.24) is 4.98 Å². The summed E-state index contributed by atoms with van der Waals surface area (Å²) in [6.45, 7) is 0. The molecule has 0 spiro atoms. The molecule has 4 heteroatoms. The third-order valence-electron chi connectivity index (χ3n) is 2.35. The lowest BCUT2D eigenvalue weighted by Gasteiger charge is -2.05. The molecule has 0 saturated heterocycles. The monoisotopic (exact) mass is 213 g/mol. The Labute approximate surface area is 90.9 Å². The molecule has 0 N–H and O–H groups in total. The standard InChI is InChI=1S/C12H7NO3/c14-5-9-8-3-1-2-4-11(8)13-12(7-16)10(9)6-15/h1-7H. The van der Waals surface area contributed by atoms with Gasteiger partial charge in [0.05, 0.1) is 11.1 Å². The van der Waals surface area contributed by atoms with Crippen LogP contribution in [0.3, 0.4) is 0 Å². The van der Waals surface area contributed by atoms with Crippen molar-refractivity contribution in [2.75, 3.05) is 0 Å². The van der Waals surface area contributed by atoms with Crippen LogP contribution in [0, 0.1) is 0 Å². The molecular weight excluding hydrogens is 206 g/mol. The smallest absolute Gasteiger partial charge is 0.169 e. The number of rotatable bonds is 3. The second-order valence-corrected chi connectivity index (χ2v) is 3.20. The molecule has 0 amide bonds. The Kier molecular flexibility index (Phi) is 2.55. The molecular formula is C12H7NO3. The first kappa shape index (κ1) is 10.2. The molecule has 4 nitrogen and oxygen atoms in total. The van der Waals surface area contributed by atoms with E-state index in [9.17, 15) is 14.4 Å². The predicted molar refractivity (Wildman–Crippen MR) is 57.9 cm³/mol. The van der Waals surface area contributed by atoms with E-state index in [0.29, 0.717) is 29.8 Å². The van der Waals surface area contributed by atoms with Crippen molar-refractivity contribution >= 4 is 29.8 Å². The lowest BCUT2D eigenvalue weighted by molar-refractivity contribution is 0.108. The van der Waals surface area contributed by atoms with Crippen molar-refractivity contribution in [3.8, 4) is 0 Å². The van der Waals surface area contributed by atoms with Crippen LogP contribution in [0.25, 0.3) is 10.9 Å². The molecule has 0 bridgehead atoms. The minimum Gasteiger partial charge on any atom is -0.298 e. The van der Waals surface area contributed by atoms with Crippen LogP contribution < -0.4 is 0 Å². The molecule has 2 rings (SSSR count). The number of fused-ring (bicyclic) bond motifs is 1. The molecule has 78 valence electrons. The molecule has 1 aromatic carbocycles. The van der Waals surface area contributed by atoms with Gasteiger partial charge in [0.15, 0.2) is 18.9 Å². The lowest BCUT2D eigenvalue weighted by Crippen LogP contribution is -2.02. The highest BCUT2D eigenvalue weighted by Crippen LogP contribution is 2.20. The normalized spacial score (nSPS) is 10.0. The van der Waals surface area contributed by atoms with Gasteiger partial charge in [-0.2, -0.15) is 0 Å². The van der Waals surface area contributed by atoms with Gasteiger partial charge in [-0.3, -0.25) is 14.4 Å². The van der Waals surface area contributed by atoms with E-state index in [2.05, 4.69) is 4.98 Å². The predicted octanol–water partition coefficient (Wildman–Crippen LogP) is 1.67. The molecule has 0 atom stereocenters. The fraction of sp³-hybridized carbons (Fsp3) is 0. The number of aldehydes is 3. The van der Waals surface area contributed by atoms with Gasteiger partial charge in [0.2, 0.25) is 0 Å². The minimum atomic E-state index is -0.00389. The summed E-state index contributed by atoms with van der Waals surface area (Å²) in [5.41, 5.74) is 0.777. The molecule has 0 aliphatic heterocycles. The van der Waals surface area contributed by atoms with Crippen LogP contribution in [0.15, 0.2) is 24.3 Å². The number of carbonyl (C=O) groups excluding carboxylic acids is 3. The zero-order chi connectivity index (χ0) is 11.5. The van der Waals surface area contributed by atoms with Gasteiger partial charge in [0.25, 0.3) is 0 Å². The second-order valence-electron chi connectivity index (χ2n) is 3.20. The highest BCUT2D eigenvalue weighted by atomic mass is 16.1. The number of hydrogen-bond donors (Lipinski definition) is 0. The largest absolute Gasteiger partial charge is 0.298 e. The van der Waals surface area contributed by atoms with E-state index in [0.717, 1.165) is 0 Å². The molecule has 1 aromatic heterocycles. The van der Waals surface area contributed by atoms with Crippen molar-refractivity contribution in [3.05, 3.63) is 41.1 Å². The van der Waals surface area contributed by atoms with E-state index in [1.807, 2.05) is 0 Å². The summed E-state index contributed by atoms with van der Waals surface area (Å²) in [4.78, 5) is 36.6. The van der Waals surface area contributed by atoms with E-state index < -0.39 is 0 Å². The maximum Gasteiger partial charge on any atom is 0.169 e. The molecule has 16 heavy (non-hydrogen) atoms. The summed E-state index contributed by atoms with van der Waals surface area (Å²) in [7, 11) is 0. The van der Waals surface area contributed by atoms with Crippen molar-refractivity contribution in [2.45, 2.75) is 0 Å². The van der Waals surface area contributed by atoms with Gasteiger partial charge in [-0.15, -0.1) is 0 Å². The first-order valence-corrected chi connectivity index (χ1v) is 4.60. The van der Waals surface area contributed by atoms with Crippen molar-refractivity contribution in [2.24, 2.45) is 0 Å². The van der Waals surface area contributed by atoms with Crippen molar-refractivity contribution < 1.29 is 14.4 Å². The number of para-hydroxylation sites is 1. The third kappa shape index (κ3) is 1.40. The Bertz CT molecular complexity index is 590. The van der Waals surface area contributed by atoms with Gasteiger partial charge in [-0.1, -0.05) is 18.2 Å². The average molecular weight is 213 g/mol. The molecule has 0 aliphatic rings. The van der Waals surface area contributed by atoms with E-state index in [4.69, 9.17) is 0 Å². The first-order chi connectivity index (χ1) is 7.81. The van der Waals surface area contributed by atoms with Crippen molar-refractivity contribution in [1.29, 1.82) is 0 Å². The van der Waals surface area contributed by atoms with Gasteiger partial charge in [0, 0.05) is 10.9 Å². The third-order valence-corrected chi connectivity index (χ3v) is 2.35. The SMILES string of the molecule is O=Cc1nc2ccccc2c(C=O)c1C=O. The summed E-state index contributed by atoms with van der Waals surface area (Å²) in [5.74, 6) is 0. The van der Waals surface area contributed by atoms with Crippen LogP contribution in [-0.2, 0) is 0 Å². The molecule has 0 saturated carbocycles. The highest BCUT2D eigenvalue weighted by Gasteiger charge is 2.12. The Morgan fingerprint density at radius 1 is 0.875 bits per heavy atom. The number of hydrogen-bond acceptors (Lipinski definition) is 4. The number of nitrogens with zero attached hydrogens (tertiary/aromatic N) is 1. The van der Waals surface area contributed by atoms with Gasteiger partial charge >= 0.3 is 0 Å². The fourth-order valence-corrected chi connectivity index (χ4v) is 1.61. The highest BCUT2D eigenvalue weighted by molar-refractivity contribution is 6.07. The molecule has 0 unspecified atom stereocenters. The van der Waals surface area contributed by atoms with Crippen LogP contribution in [-0.4, -0.2) is 23.8 Å². The molecule has 1 heterocycles. The van der Waals surface area contributed by atoms with Crippen molar-refractivity contribution in [3.63, 3.8) is 0 Å². The molecule has 0 aliphatic carbocycles. The topological polar surface area (TPSA) is 64.1 Å². The zero-order valence-corrected chi connectivity index (χ0v) is 8.21. The fourth-order valence-electron chi connectivity index (χ4n) is 1.61. The molecule has 0 fully saturated rings. The number of aromatic nitrogens is 1. The molecule has 0 radical (unpaired) electrons. The Balaban J connectivity index is 2.98. The van der Waals surface area contributed by atoms with Crippen LogP contribution in [0.5, 0.6) is 0 Å². The van der Waals surface area contributed by atoms with Crippen LogP contribution in [0.4, 0.5) is 0 Å². The van der Waals surface area contributed by atoms with Gasteiger partial charge in [0.1, 0.15) is 5.69 Å². The minimum absolute atomic E-state index is 0.00389. The maximum absolute atomic E-state index is 11.0. The summed E-state index contributed by atoms with van der Waals surface area (Å²) < 4.78 is 0. The first-order valence-electron chi connectivity index (χ1n) is 4.60. The average Bonchev–Trinajstić information content (AvgIpc) is 2.36. The van der Waals surface area contributed by atoms with E-state index in [-0.39, 0.29) is 16.8 Å². The van der Waals surface area contributed by atoms with Gasteiger partial charge in [-0.25, -0.2) is 4.98 Å². The summed E-state index contributed by atoms with van der Waals surface area (Å²) >= 11 is 0. The van der Waals surface area contributed by atoms with Crippen LogP contribution in [0.2, 0.25) is 0 Å². The Morgan fingerprint density at radius 2 is 1.56 bits per heavy atom. The second kappa shape index (κ2) is 4.02. The lowest BCUT2D eigenvalue weighted by atomic mass is 10.0. The van der Waals surface area contributed by atoms with Crippen LogP contribution in [0.1, 0.15) is 31.2 Å². The quantitative estimate of drug-likeness (QED) is 0.727. The summed E-state index contributed by atoms with van der Waals surface area (Å²) in [5, 5.41) is 0.574. The van der Waals surface area contributed by atoms with E-state index >= 15 is 0 Å². The molecule has 2 aromatic rings. The maximum atomic E-state index is 11.0.